The Kier molecular flexibility index (Phi) is 5.99. The summed E-state index contributed by atoms with van der Waals surface area (Å²) in [4.78, 5) is 14.2. The first-order valence-corrected chi connectivity index (χ1v) is 10.5. The normalized spacial score (nSPS) is 26.9. The number of halogens is 1. The number of rotatable bonds is 5. The van der Waals surface area contributed by atoms with E-state index in [0.717, 1.165) is 5.69 Å². The largest absolute Gasteiger partial charge is 0.469 e. The van der Waals surface area contributed by atoms with E-state index in [1.165, 1.54) is 23.5 Å². The molecule has 2 N–H and O–H groups in total. The standard InChI is InChI=1S/C17H25FN4O4S/c1-3-14-15(17(23)26-2)16(20-19-14)27(24,25)22-10-8-21(9-11-22)13-6-4-12(18)5-7-13/h4-7,14-16,19-20H,3,8-11H2,1-2H3. The van der Waals surface area contributed by atoms with Crippen LogP contribution in [-0.4, -0.2) is 63.4 Å². The zero-order chi connectivity index (χ0) is 19.6. The van der Waals surface area contributed by atoms with Gasteiger partial charge in [0.1, 0.15) is 11.7 Å². The molecule has 27 heavy (non-hydrogen) atoms. The third-order valence-corrected chi connectivity index (χ3v) is 7.33. The quantitative estimate of drug-likeness (QED) is 0.686. The van der Waals surface area contributed by atoms with Crippen LogP contribution in [0, 0.1) is 11.7 Å². The van der Waals surface area contributed by atoms with Gasteiger partial charge in [0.15, 0.2) is 5.37 Å². The predicted octanol–water partition coefficient (Wildman–Crippen LogP) is 0.279. The average molecular weight is 400 g/mol. The predicted molar refractivity (Wildman–Crippen MR) is 98.8 cm³/mol. The molecule has 2 aliphatic rings. The van der Waals surface area contributed by atoms with E-state index in [9.17, 15) is 17.6 Å². The van der Waals surface area contributed by atoms with Gasteiger partial charge in [-0.15, -0.1) is 0 Å². The van der Waals surface area contributed by atoms with Crippen molar-refractivity contribution < 1.29 is 22.3 Å². The summed E-state index contributed by atoms with van der Waals surface area (Å²) < 4.78 is 45.5. The number of carbonyl (C=O) groups excluding carboxylic acids is 1. The Hall–Kier alpha value is -1.75. The van der Waals surface area contributed by atoms with E-state index in [1.807, 2.05) is 11.8 Å². The van der Waals surface area contributed by atoms with Crippen molar-refractivity contribution in [2.75, 3.05) is 38.2 Å². The van der Waals surface area contributed by atoms with Crippen molar-refractivity contribution in [1.29, 1.82) is 0 Å². The SMILES string of the molecule is CCC1NNC(S(=O)(=O)N2CCN(c3ccc(F)cc3)CC2)C1C(=O)OC. The van der Waals surface area contributed by atoms with Crippen LogP contribution in [0.1, 0.15) is 13.3 Å². The fourth-order valence-electron chi connectivity index (χ4n) is 3.63. The Bertz CT molecular complexity index is 766. The summed E-state index contributed by atoms with van der Waals surface area (Å²) in [5.74, 6) is -1.66. The van der Waals surface area contributed by atoms with E-state index in [1.54, 1.807) is 12.1 Å². The highest BCUT2D eigenvalue weighted by Gasteiger charge is 2.49. The molecule has 0 aromatic heterocycles. The van der Waals surface area contributed by atoms with E-state index in [-0.39, 0.29) is 11.9 Å². The molecule has 1 aromatic carbocycles. The third-order valence-electron chi connectivity index (χ3n) is 5.20. The van der Waals surface area contributed by atoms with Gasteiger partial charge in [0.05, 0.1) is 7.11 Å². The third kappa shape index (κ3) is 3.93. The van der Waals surface area contributed by atoms with Crippen molar-refractivity contribution in [1.82, 2.24) is 15.2 Å². The van der Waals surface area contributed by atoms with Crippen molar-refractivity contribution in [2.24, 2.45) is 5.92 Å². The molecule has 150 valence electrons. The molecule has 3 unspecified atom stereocenters. The summed E-state index contributed by atoms with van der Waals surface area (Å²) in [6.07, 6.45) is 0.594. The lowest BCUT2D eigenvalue weighted by Gasteiger charge is -2.37. The number of hydrazine groups is 1. The molecule has 3 atom stereocenters. The van der Waals surface area contributed by atoms with Crippen molar-refractivity contribution in [2.45, 2.75) is 24.8 Å². The maximum absolute atomic E-state index is 13.1. The minimum Gasteiger partial charge on any atom is -0.469 e. The Balaban J connectivity index is 1.71. The first-order chi connectivity index (χ1) is 12.9. The summed E-state index contributed by atoms with van der Waals surface area (Å²) in [6.45, 7) is 3.45. The molecule has 0 spiro atoms. The number of anilines is 1. The van der Waals surface area contributed by atoms with Crippen LogP contribution in [0.5, 0.6) is 0 Å². The van der Waals surface area contributed by atoms with Crippen LogP contribution < -0.4 is 15.8 Å². The van der Waals surface area contributed by atoms with Gasteiger partial charge in [-0.05, 0) is 30.7 Å². The van der Waals surface area contributed by atoms with Gasteiger partial charge in [-0.3, -0.25) is 10.2 Å². The Morgan fingerprint density at radius 3 is 2.37 bits per heavy atom. The highest BCUT2D eigenvalue weighted by atomic mass is 32.2. The summed E-state index contributed by atoms with van der Waals surface area (Å²) in [5, 5.41) is -1.06. The van der Waals surface area contributed by atoms with Crippen molar-refractivity contribution >= 4 is 21.7 Å². The molecule has 2 fully saturated rings. The zero-order valence-corrected chi connectivity index (χ0v) is 16.2. The smallest absolute Gasteiger partial charge is 0.313 e. The summed E-state index contributed by atoms with van der Waals surface area (Å²) in [6, 6.07) is 5.83. The molecule has 2 saturated heterocycles. The van der Waals surface area contributed by atoms with E-state index >= 15 is 0 Å². The molecule has 1 aromatic rings. The van der Waals surface area contributed by atoms with Crippen LogP contribution in [0.2, 0.25) is 0 Å². The summed E-state index contributed by atoms with van der Waals surface area (Å²) >= 11 is 0. The van der Waals surface area contributed by atoms with Crippen molar-refractivity contribution in [3.63, 3.8) is 0 Å². The van der Waals surface area contributed by atoms with Crippen LogP contribution in [-0.2, 0) is 19.6 Å². The van der Waals surface area contributed by atoms with E-state index < -0.39 is 27.3 Å². The van der Waals surface area contributed by atoms with Crippen molar-refractivity contribution in [3.8, 4) is 0 Å². The number of sulfonamides is 1. The number of hydrogen-bond acceptors (Lipinski definition) is 7. The highest BCUT2D eigenvalue weighted by molar-refractivity contribution is 7.89. The molecule has 2 aliphatic heterocycles. The number of nitrogens with one attached hydrogen (secondary N) is 2. The highest BCUT2D eigenvalue weighted by Crippen LogP contribution is 2.27. The van der Waals surface area contributed by atoms with Gasteiger partial charge in [-0.25, -0.2) is 18.2 Å². The maximum atomic E-state index is 13.1. The topological polar surface area (TPSA) is 91.0 Å². The number of methoxy groups -OCH3 is 1. The molecular formula is C17H25FN4O4S. The van der Waals surface area contributed by atoms with Crippen LogP contribution in [0.25, 0.3) is 0 Å². The molecule has 0 bridgehead atoms. The lowest BCUT2D eigenvalue weighted by molar-refractivity contribution is -0.145. The lowest BCUT2D eigenvalue weighted by Crippen LogP contribution is -2.55. The van der Waals surface area contributed by atoms with E-state index in [0.29, 0.717) is 32.6 Å². The van der Waals surface area contributed by atoms with Gasteiger partial charge in [0.25, 0.3) is 0 Å². The molecule has 0 saturated carbocycles. The molecule has 0 aliphatic carbocycles. The molecular weight excluding hydrogens is 375 g/mol. The van der Waals surface area contributed by atoms with Gasteiger partial charge in [0, 0.05) is 37.9 Å². The number of nitrogens with zero attached hydrogens (tertiary/aromatic N) is 2. The molecule has 0 radical (unpaired) electrons. The van der Waals surface area contributed by atoms with Gasteiger partial charge >= 0.3 is 5.97 Å². The van der Waals surface area contributed by atoms with Gasteiger partial charge in [-0.2, -0.15) is 4.31 Å². The second-order valence-corrected chi connectivity index (χ2v) is 8.73. The van der Waals surface area contributed by atoms with Crippen LogP contribution >= 0.6 is 0 Å². The lowest BCUT2D eigenvalue weighted by atomic mass is 10.00. The van der Waals surface area contributed by atoms with Gasteiger partial charge in [-0.1, -0.05) is 6.92 Å². The molecule has 0 amide bonds. The Labute approximate surface area is 158 Å². The minimum atomic E-state index is -3.75. The van der Waals surface area contributed by atoms with E-state index in [2.05, 4.69) is 10.9 Å². The number of benzene rings is 1. The molecule has 2 heterocycles. The number of hydrogen-bond donors (Lipinski definition) is 2. The van der Waals surface area contributed by atoms with Gasteiger partial charge in [0.2, 0.25) is 10.0 Å². The number of carbonyl (C=O) groups is 1. The summed E-state index contributed by atoms with van der Waals surface area (Å²) in [5.41, 5.74) is 6.53. The maximum Gasteiger partial charge on any atom is 0.313 e. The van der Waals surface area contributed by atoms with Crippen molar-refractivity contribution in [3.05, 3.63) is 30.1 Å². The number of piperazine rings is 1. The van der Waals surface area contributed by atoms with Gasteiger partial charge < -0.3 is 9.64 Å². The second-order valence-electron chi connectivity index (χ2n) is 6.68. The minimum absolute atomic E-state index is 0.294. The molecule has 10 heteroatoms. The fourth-order valence-corrected chi connectivity index (χ4v) is 5.51. The first kappa shape index (κ1) is 20.0. The van der Waals surface area contributed by atoms with E-state index in [4.69, 9.17) is 4.74 Å². The average Bonchev–Trinajstić information content (AvgIpc) is 3.13. The number of esters is 1. The van der Waals surface area contributed by atoms with Crippen LogP contribution in [0.3, 0.4) is 0 Å². The Morgan fingerprint density at radius 1 is 1.19 bits per heavy atom. The fraction of sp³-hybridized carbons (Fsp3) is 0.588. The first-order valence-electron chi connectivity index (χ1n) is 8.97. The van der Waals surface area contributed by atoms with Crippen LogP contribution in [0.15, 0.2) is 24.3 Å². The second kappa shape index (κ2) is 8.09. The zero-order valence-electron chi connectivity index (χ0n) is 15.4. The number of ether oxygens (including phenoxy) is 1. The summed E-state index contributed by atoms with van der Waals surface area (Å²) in [7, 11) is -2.49. The Morgan fingerprint density at radius 2 is 1.81 bits per heavy atom. The molecule has 3 rings (SSSR count). The van der Waals surface area contributed by atoms with Crippen LogP contribution in [0.4, 0.5) is 10.1 Å². The monoisotopic (exact) mass is 400 g/mol. The molecule has 8 nitrogen and oxygen atoms in total.